The van der Waals surface area contributed by atoms with E-state index in [1.165, 1.54) is 21.1 Å². The molecule has 1 amide bonds. The van der Waals surface area contributed by atoms with Gasteiger partial charge in [0, 0.05) is 0 Å². The molecule has 10 heteroatoms. The van der Waals surface area contributed by atoms with Crippen molar-refractivity contribution in [1.82, 2.24) is 0 Å². The zero-order chi connectivity index (χ0) is 23.7. The highest BCUT2D eigenvalue weighted by Gasteiger charge is 2.25. The van der Waals surface area contributed by atoms with Crippen molar-refractivity contribution >= 4 is 34.7 Å². The number of Topliss-reactive ketones (excluding diaryl/α,β-unsaturated/α-hetero) is 1. The fourth-order valence-electron chi connectivity index (χ4n) is 2.77. The largest absolute Gasteiger partial charge is 0.495 e. The minimum atomic E-state index is -1.40. The van der Waals surface area contributed by atoms with Gasteiger partial charge >= 0.3 is 0 Å². The molecule has 0 radical (unpaired) electrons. The van der Waals surface area contributed by atoms with Crippen molar-refractivity contribution in [2.24, 2.45) is 10.2 Å². The molecule has 172 valence electrons. The molecular formula is C22H26ClN3O6. The number of hydrogen-bond acceptors (Lipinski definition) is 8. The van der Waals surface area contributed by atoms with E-state index in [0.717, 1.165) is 0 Å². The molecule has 0 heterocycles. The Kier molecular flexibility index (Phi) is 9.27. The van der Waals surface area contributed by atoms with E-state index in [0.29, 0.717) is 36.1 Å². The molecule has 2 aromatic rings. The first-order valence-corrected chi connectivity index (χ1v) is 10.3. The molecule has 9 nitrogen and oxygen atoms in total. The number of nitrogens with one attached hydrogen (secondary N) is 1. The standard InChI is InChI=1S/C22H26ClN3O6/c1-6-31-17-10-8-9-15(20(17)32-7-2)25-26-19(13(3)27)22(28)24-14-11-12-16(29-4)18(23)21(14)30-5/h8-12,19H,6-7H2,1-5H3,(H,24,28). The van der Waals surface area contributed by atoms with E-state index in [1.807, 2.05) is 13.8 Å². The van der Waals surface area contributed by atoms with E-state index in [9.17, 15) is 9.59 Å². The summed E-state index contributed by atoms with van der Waals surface area (Å²) in [5.41, 5.74) is 0.597. The van der Waals surface area contributed by atoms with E-state index in [4.69, 9.17) is 30.5 Å². The normalized spacial score (nSPS) is 11.7. The van der Waals surface area contributed by atoms with Gasteiger partial charge in [0.25, 0.3) is 5.91 Å². The van der Waals surface area contributed by atoms with Gasteiger partial charge in [-0.25, -0.2) is 0 Å². The van der Waals surface area contributed by atoms with Crippen LogP contribution in [0.1, 0.15) is 20.8 Å². The molecule has 32 heavy (non-hydrogen) atoms. The Morgan fingerprint density at radius 3 is 2.31 bits per heavy atom. The van der Waals surface area contributed by atoms with Gasteiger partial charge in [0.1, 0.15) is 16.5 Å². The highest BCUT2D eigenvalue weighted by Crippen LogP contribution is 2.40. The van der Waals surface area contributed by atoms with Crippen LogP contribution in [0.3, 0.4) is 0 Å². The van der Waals surface area contributed by atoms with Crippen LogP contribution in [0.2, 0.25) is 5.02 Å². The minimum Gasteiger partial charge on any atom is -0.495 e. The van der Waals surface area contributed by atoms with Gasteiger partial charge in [-0.2, -0.15) is 10.2 Å². The molecule has 0 aliphatic rings. The lowest BCUT2D eigenvalue weighted by atomic mass is 10.2. The van der Waals surface area contributed by atoms with Gasteiger partial charge < -0.3 is 24.3 Å². The summed E-state index contributed by atoms with van der Waals surface area (Å²) in [6.45, 7) is 5.73. The number of ketones is 1. The summed E-state index contributed by atoms with van der Waals surface area (Å²) in [5.74, 6) is 0.256. The maximum absolute atomic E-state index is 12.8. The van der Waals surface area contributed by atoms with Gasteiger partial charge in [0.2, 0.25) is 6.04 Å². The number of hydrogen-bond donors (Lipinski definition) is 1. The number of nitrogens with zero attached hydrogens (tertiary/aromatic N) is 2. The molecule has 0 aliphatic heterocycles. The van der Waals surface area contributed by atoms with Gasteiger partial charge in [-0.15, -0.1) is 0 Å². The van der Waals surface area contributed by atoms with Gasteiger partial charge in [0.15, 0.2) is 23.0 Å². The monoisotopic (exact) mass is 463 g/mol. The minimum absolute atomic E-state index is 0.183. The third kappa shape index (κ3) is 5.88. The molecule has 0 aromatic heterocycles. The summed E-state index contributed by atoms with van der Waals surface area (Å²) in [4.78, 5) is 25.0. The topological polar surface area (TPSA) is 108 Å². The van der Waals surface area contributed by atoms with Crippen LogP contribution < -0.4 is 24.3 Å². The number of ether oxygens (including phenoxy) is 4. The first-order valence-electron chi connectivity index (χ1n) is 9.89. The Hall–Kier alpha value is -3.33. The Balaban J connectivity index is 2.33. The van der Waals surface area contributed by atoms with E-state index >= 15 is 0 Å². The van der Waals surface area contributed by atoms with Crippen molar-refractivity contribution in [3.05, 3.63) is 35.4 Å². The SMILES string of the molecule is CCOc1cccc(N=NC(C(C)=O)C(=O)Nc2ccc(OC)c(Cl)c2OC)c1OCC. The summed E-state index contributed by atoms with van der Waals surface area (Å²) in [6, 6.07) is 6.83. The highest BCUT2D eigenvalue weighted by atomic mass is 35.5. The average molecular weight is 464 g/mol. The van der Waals surface area contributed by atoms with Gasteiger partial charge in [0.05, 0.1) is 33.1 Å². The molecular weight excluding hydrogens is 438 g/mol. The molecule has 0 aliphatic carbocycles. The zero-order valence-corrected chi connectivity index (χ0v) is 19.4. The number of anilines is 1. The second-order valence-electron chi connectivity index (χ2n) is 6.35. The number of benzene rings is 2. The zero-order valence-electron chi connectivity index (χ0n) is 18.6. The number of carbonyl (C=O) groups is 2. The van der Waals surface area contributed by atoms with Crippen LogP contribution in [0.15, 0.2) is 40.6 Å². The first kappa shape index (κ1) is 24.9. The molecule has 2 aromatic carbocycles. The Morgan fingerprint density at radius 2 is 1.72 bits per heavy atom. The average Bonchev–Trinajstić information content (AvgIpc) is 2.76. The number of para-hydroxylation sites is 1. The number of azo groups is 1. The third-order valence-corrected chi connectivity index (χ3v) is 4.56. The van der Waals surface area contributed by atoms with Gasteiger partial charge in [-0.05, 0) is 45.0 Å². The lowest BCUT2D eigenvalue weighted by molar-refractivity contribution is -0.126. The van der Waals surface area contributed by atoms with Crippen LogP contribution in [0.25, 0.3) is 0 Å². The van der Waals surface area contributed by atoms with Crippen LogP contribution in [0, 0.1) is 0 Å². The van der Waals surface area contributed by atoms with Crippen LogP contribution >= 0.6 is 11.6 Å². The highest BCUT2D eigenvalue weighted by molar-refractivity contribution is 6.34. The molecule has 1 unspecified atom stereocenters. The van der Waals surface area contributed by atoms with Gasteiger partial charge in [-0.1, -0.05) is 17.7 Å². The molecule has 1 atom stereocenters. The molecule has 0 bridgehead atoms. The maximum Gasteiger partial charge on any atom is 0.258 e. The third-order valence-electron chi connectivity index (χ3n) is 4.20. The Bertz CT molecular complexity index is 996. The summed E-state index contributed by atoms with van der Waals surface area (Å²) in [7, 11) is 2.86. The lowest BCUT2D eigenvalue weighted by Crippen LogP contribution is -2.32. The van der Waals surface area contributed by atoms with Crippen molar-refractivity contribution in [2.45, 2.75) is 26.8 Å². The first-order chi connectivity index (χ1) is 15.4. The molecule has 0 saturated heterocycles. The molecule has 2 rings (SSSR count). The van der Waals surface area contributed by atoms with Crippen molar-refractivity contribution in [1.29, 1.82) is 0 Å². The van der Waals surface area contributed by atoms with E-state index < -0.39 is 17.7 Å². The number of carbonyl (C=O) groups excluding carboxylic acids is 2. The second-order valence-corrected chi connectivity index (χ2v) is 6.73. The smallest absolute Gasteiger partial charge is 0.258 e. The second kappa shape index (κ2) is 11.9. The van der Waals surface area contributed by atoms with Crippen molar-refractivity contribution in [3.63, 3.8) is 0 Å². The van der Waals surface area contributed by atoms with Crippen LogP contribution in [-0.4, -0.2) is 45.2 Å². The fraction of sp³-hybridized carbons (Fsp3) is 0.364. The quantitative estimate of drug-likeness (QED) is 0.377. The van der Waals surface area contributed by atoms with Gasteiger partial charge in [-0.3, -0.25) is 9.59 Å². The summed E-state index contributed by atoms with van der Waals surface area (Å²) in [6.07, 6.45) is 0. The predicted molar refractivity (Wildman–Crippen MR) is 121 cm³/mol. The predicted octanol–water partition coefficient (Wildman–Crippen LogP) is 4.83. The number of methoxy groups -OCH3 is 2. The lowest BCUT2D eigenvalue weighted by Gasteiger charge is -2.15. The maximum atomic E-state index is 12.8. The van der Waals surface area contributed by atoms with E-state index in [-0.39, 0.29) is 16.5 Å². The molecule has 0 fully saturated rings. The van der Waals surface area contributed by atoms with Crippen LogP contribution in [-0.2, 0) is 9.59 Å². The Labute approximate surface area is 191 Å². The summed E-state index contributed by atoms with van der Waals surface area (Å²) >= 11 is 6.23. The fourth-order valence-corrected chi connectivity index (χ4v) is 3.09. The van der Waals surface area contributed by atoms with E-state index in [1.54, 1.807) is 30.3 Å². The van der Waals surface area contributed by atoms with Crippen molar-refractivity contribution in [3.8, 4) is 23.0 Å². The number of rotatable bonds is 11. The molecule has 0 saturated carbocycles. The molecule has 1 N–H and O–H groups in total. The van der Waals surface area contributed by atoms with Crippen LogP contribution in [0.5, 0.6) is 23.0 Å². The van der Waals surface area contributed by atoms with E-state index in [2.05, 4.69) is 15.5 Å². The Morgan fingerprint density at radius 1 is 1.00 bits per heavy atom. The number of halogens is 1. The number of amides is 1. The van der Waals surface area contributed by atoms with Crippen LogP contribution in [0.4, 0.5) is 11.4 Å². The summed E-state index contributed by atoms with van der Waals surface area (Å²) < 4.78 is 21.6. The van der Waals surface area contributed by atoms with Crippen molar-refractivity contribution in [2.75, 3.05) is 32.8 Å². The molecule has 0 spiro atoms. The summed E-state index contributed by atoms with van der Waals surface area (Å²) in [5, 5.41) is 10.9. The van der Waals surface area contributed by atoms with Crippen molar-refractivity contribution < 1.29 is 28.5 Å².